The first-order chi connectivity index (χ1) is 10.3. The molecule has 2 unspecified atom stereocenters. The normalized spacial score (nSPS) is 26.1. The SMILES string of the molecule is CCc1ccccc1C(NC)C1CCOC2(CCCC2)C1. The van der Waals surface area contributed by atoms with E-state index in [0.29, 0.717) is 12.0 Å². The molecule has 1 aromatic rings. The van der Waals surface area contributed by atoms with Crippen LogP contribution in [0.3, 0.4) is 0 Å². The van der Waals surface area contributed by atoms with Crippen LogP contribution in [0, 0.1) is 5.92 Å². The minimum Gasteiger partial charge on any atom is -0.375 e. The Balaban J connectivity index is 1.82. The molecule has 21 heavy (non-hydrogen) atoms. The third-order valence-corrected chi connectivity index (χ3v) is 5.60. The van der Waals surface area contributed by atoms with Gasteiger partial charge in [0, 0.05) is 12.6 Å². The number of aryl methyl sites for hydroxylation is 1. The van der Waals surface area contributed by atoms with Crippen LogP contribution in [0.4, 0.5) is 0 Å². The van der Waals surface area contributed by atoms with E-state index in [1.807, 2.05) is 0 Å². The zero-order chi connectivity index (χ0) is 14.7. The van der Waals surface area contributed by atoms with Crippen LogP contribution in [-0.2, 0) is 11.2 Å². The van der Waals surface area contributed by atoms with Gasteiger partial charge in [-0.15, -0.1) is 0 Å². The molecule has 2 heteroatoms. The van der Waals surface area contributed by atoms with Crippen LogP contribution in [0.2, 0.25) is 0 Å². The van der Waals surface area contributed by atoms with Crippen LogP contribution in [0.25, 0.3) is 0 Å². The molecule has 3 rings (SSSR count). The Morgan fingerprint density at radius 3 is 2.76 bits per heavy atom. The maximum Gasteiger partial charge on any atom is 0.0686 e. The molecule has 1 heterocycles. The average Bonchev–Trinajstić information content (AvgIpc) is 2.96. The first-order valence-corrected chi connectivity index (χ1v) is 8.67. The van der Waals surface area contributed by atoms with E-state index < -0.39 is 0 Å². The number of benzene rings is 1. The van der Waals surface area contributed by atoms with Gasteiger partial charge in [-0.3, -0.25) is 0 Å². The fourth-order valence-electron chi connectivity index (χ4n) is 4.52. The molecular formula is C19H29NO. The summed E-state index contributed by atoms with van der Waals surface area (Å²) < 4.78 is 6.22. The Morgan fingerprint density at radius 2 is 2.05 bits per heavy atom. The molecule has 1 saturated heterocycles. The van der Waals surface area contributed by atoms with E-state index in [-0.39, 0.29) is 5.60 Å². The lowest BCUT2D eigenvalue weighted by Crippen LogP contribution is -2.41. The van der Waals surface area contributed by atoms with E-state index in [4.69, 9.17) is 4.74 Å². The van der Waals surface area contributed by atoms with Gasteiger partial charge in [0.1, 0.15) is 0 Å². The van der Waals surface area contributed by atoms with Crippen LogP contribution in [0.5, 0.6) is 0 Å². The van der Waals surface area contributed by atoms with Crippen molar-refractivity contribution in [2.24, 2.45) is 5.92 Å². The third-order valence-electron chi connectivity index (χ3n) is 5.60. The zero-order valence-corrected chi connectivity index (χ0v) is 13.5. The summed E-state index contributed by atoms with van der Waals surface area (Å²) in [6, 6.07) is 9.42. The van der Waals surface area contributed by atoms with E-state index >= 15 is 0 Å². The van der Waals surface area contributed by atoms with Crippen molar-refractivity contribution in [3.8, 4) is 0 Å². The van der Waals surface area contributed by atoms with Crippen LogP contribution < -0.4 is 5.32 Å². The van der Waals surface area contributed by atoms with Gasteiger partial charge < -0.3 is 10.1 Å². The van der Waals surface area contributed by atoms with Gasteiger partial charge in [-0.1, -0.05) is 44.0 Å². The van der Waals surface area contributed by atoms with E-state index in [9.17, 15) is 0 Å². The lowest BCUT2D eigenvalue weighted by atomic mass is 9.77. The second-order valence-electron chi connectivity index (χ2n) is 6.81. The molecule has 116 valence electrons. The summed E-state index contributed by atoms with van der Waals surface area (Å²) in [5, 5.41) is 3.61. The first kappa shape index (κ1) is 15.1. The van der Waals surface area contributed by atoms with Gasteiger partial charge in [0.15, 0.2) is 0 Å². The molecule has 1 aliphatic heterocycles. The van der Waals surface area contributed by atoms with E-state index in [1.165, 1.54) is 49.7 Å². The minimum atomic E-state index is 0.208. The molecule has 2 aliphatic rings. The largest absolute Gasteiger partial charge is 0.375 e. The van der Waals surface area contributed by atoms with E-state index in [0.717, 1.165) is 13.0 Å². The van der Waals surface area contributed by atoms with Crippen LogP contribution in [0.15, 0.2) is 24.3 Å². The van der Waals surface area contributed by atoms with Crippen molar-refractivity contribution in [3.05, 3.63) is 35.4 Å². The quantitative estimate of drug-likeness (QED) is 0.894. The zero-order valence-electron chi connectivity index (χ0n) is 13.5. The summed E-state index contributed by atoms with van der Waals surface area (Å²) in [6.07, 6.45) is 8.78. The summed E-state index contributed by atoms with van der Waals surface area (Å²) >= 11 is 0. The molecule has 1 aliphatic carbocycles. The summed E-state index contributed by atoms with van der Waals surface area (Å²) in [5.41, 5.74) is 3.20. The van der Waals surface area contributed by atoms with Crippen molar-refractivity contribution in [1.82, 2.24) is 5.32 Å². The number of hydrogen-bond donors (Lipinski definition) is 1. The highest BCUT2D eigenvalue weighted by atomic mass is 16.5. The Hall–Kier alpha value is -0.860. The van der Waals surface area contributed by atoms with E-state index in [1.54, 1.807) is 0 Å². The number of hydrogen-bond acceptors (Lipinski definition) is 2. The summed E-state index contributed by atoms with van der Waals surface area (Å²) in [6.45, 7) is 3.20. The average molecular weight is 287 g/mol. The second-order valence-corrected chi connectivity index (χ2v) is 6.81. The van der Waals surface area contributed by atoms with Gasteiger partial charge in [0.25, 0.3) is 0 Å². The lowest BCUT2D eigenvalue weighted by molar-refractivity contribution is -0.0979. The third kappa shape index (κ3) is 3.02. The molecule has 0 bridgehead atoms. The summed E-state index contributed by atoms with van der Waals surface area (Å²) in [5.74, 6) is 0.703. The molecule has 0 amide bonds. The number of ether oxygens (including phenoxy) is 1. The first-order valence-electron chi connectivity index (χ1n) is 8.67. The Kier molecular flexibility index (Phi) is 4.66. The second kappa shape index (κ2) is 6.50. The maximum absolute atomic E-state index is 6.22. The molecule has 2 atom stereocenters. The van der Waals surface area contributed by atoms with Crippen LogP contribution in [-0.4, -0.2) is 19.3 Å². The van der Waals surface area contributed by atoms with Gasteiger partial charge in [0.05, 0.1) is 5.60 Å². The van der Waals surface area contributed by atoms with Crippen LogP contribution in [0.1, 0.15) is 62.6 Å². The fraction of sp³-hybridized carbons (Fsp3) is 0.684. The van der Waals surface area contributed by atoms with Crippen molar-refractivity contribution in [1.29, 1.82) is 0 Å². The minimum absolute atomic E-state index is 0.208. The molecule has 1 N–H and O–H groups in total. The maximum atomic E-state index is 6.22. The highest BCUT2D eigenvalue weighted by Gasteiger charge is 2.42. The highest BCUT2D eigenvalue weighted by Crippen LogP contribution is 2.45. The van der Waals surface area contributed by atoms with Gasteiger partial charge in [0.2, 0.25) is 0 Å². The van der Waals surface area contributed by atoms with Gasteiger partial charge in [-0.05, 0) is 56.2 Å². The Labute approximate surface area is 129 Å². The molecule has 1 aromatic carbocycles. The predicted octanol–water partition coefficient (Wildman–Crippen LogP) is 4.25. The molecule has 0 radical (unpaired) electrons. The lowest BCUT2D eigenvalue weighted by Gasteiger charge is -2.41. The molecule has 2 nitrogen and oxygen atoms in total. The fourth-order valence-corrected chi connectivity index (χ4v) is 4.52. The number of nitrogens with one attached hydrogen (secondary N) is 1. The molecule has 1 saturated carbocycles. The molecule has 0 aromatic heterocycles. The highest BCUT2D eigenvalue weighted by molar-refractivity contribution is 5.30. The predicted molar refractivity (Wildman–Crippen MR) is 87.5 cm³/mol. The summed E-state index contributed by atoms with van der Waals surface area (Å²) in [4.78, 5) is 0. The van der Waals surface area contributed by atoms with Crippen molar-refractivity contribution < 1.29 is 4.74 Å². The molecule has 2 fully saturated rings. The van der Waals surface area contributed by atoms with Gasteiger partial charge >= 0.3 is 0 Å². The monoisotopic (exact) mass is 287 g/mol. The molecular weight excluding hydrogens is 258 g/mol. The summed E-state index contributed by atoms with van der Waals surface area (Å²) in [7, 11) is 2.12. The van der Waals surface area contributed by atoms with Gasteiger partial charge in [-0.25, -0.2) is 0 Å². The van der Waals surface area contributed by atoms with Crippen molar-refractivity contribution in [3.63, 3.8) is 0 Å². The van der Waals surface area contributed by atoms with Crippen molar-refractivity contribution >= 4 is 0 Å². The Morgan fingerprint density at radius 1 is 1.29 bits per heavy atom. The topological polar surface area (TPSA) is 21.3 Å². The molecule has 1 spiro atoms. The Bertz CT molecular complexity index is 464. The standard InChI is InChI=1S/C19H29NO/c1-3-15-8-4-5-9-17(15)18(20-2)16-10-13-21-19(14-16)11-6-7-12-19/h4-5,8-9,16,18,20H,3,6-7,10-14H2,1-2H3. The number of rotatable bonds is 4. The van der Waals surface area contributed by atoms with Crippen molar-refractivity contribution in [2.45, 2.75) is 63.5 Å². The van der Waals surface area contributed by atoms with E-state index in [2.05, 4.69) is 43.6 Å². The van der Waals surface area contributed by atoms with Gasteiger partial charge in [-0.2, -0.15) is 0 Å². The van der Waals surface area contributed by atoms with Crippen molar-refractivity contribution in [2.75, 3.05) is 13.7 Å². The smallest absolute Gasteiger partial charge is 0.0686 e. The van der Waals surface area contributed by atoms with Crippen LogP contribution >= 0.6 is 0 Å².